The van der Waals surface area contributed by atoms with Crippen LogP contribution in [0.15, 0.2) is 12.4 Å². The molecule has 1 aliphatic heterocycles. The zero-order valence-corrected chi connectivity index (χ0v) is 23.1. The highest BCUT2D eigenvalue weighted by Crippen LogP contribution is 2.15. The lowest BCUT2D eigenvalue weighted by atomic mass is 10.1. The number of hydrogen-bond donors (Lipinski definition) is 0. The molecular formula is C31H62N2. The maximum absolute atomic E-state index is 2.52. The van der Waals surface area contributed by atoms with Gasteiger partial charge in [0.05, 0.1) is 6.67 Å². The summed E-state index contributed by atoms with van der Waals surface area (Å²) in [4.78, 5) is 5.05. The lowest BCUT2D eigenvalue weighted by Gasteiger charge is -2.21. The van der Waals surface area contributed by atoms with Crippen LogP contribution in [-0.4, -0.2) is 29.6 Å². The second kappa shape index (κ2) is 24.5. The van der Waals surface area contributed by atoms with E-state index in [4.69, 9.17) is 0 Å². The van der Waals surface area contributed by atoms with Gasteiger partial charge in [-0.2, -0.15) is 0 Å². The van der Waals surface area contributed by atoms with Gasteiger partial charge in [-0.3, -0.25) is 0 Å². The normalized spacial score (nSPS) is 13.5. The van der Waals surface area contributed by atoms with Crippen molar-refractivity contribution in [3.05, 3.63) is 12.4 Å². The highest BCUT2D eigenvalue weighted by atomic mass is 15.3. The lowest BCUT2D eigenvalue weighted by molar-refractivity contribution is 0.257. The minimum Gasteiger partial charge on any atom is -0.359 e. The SMILES string of the molecule is CCCCCCCCCCCCCCN1C=CN(CCCCCCCCCCCCCC)C1. The Morgan fingerprint density at radius 3 is 0.879 bits per heavy atom. The summed E-state index contributed by atoms with van der Waals surface area (Å²) in [6.45, 7) is 8.24. The summed E-state index contributed by atoms with van der Waals surface area (Å²) in [7, 11) is 0. The van der Waals surface area contributed by atoms with E-state index in [-0.39, 0.29) is 0 Å². The predicted molar refractivity (Wildman–Crippen MR) is 150 cm³/mol. The second-order valence-corrected chi connectivity index (χ2v) is 10.8. The minimum atomic E-state index is 1.13. The standard InChI is InChI=1S/C31H62N2/c1-3-5-7-9-11-13-15-17-19-21-23-25-27-32-29-30-33(31-32)28-26-24-22-20-18-16-14-12-10-8-6-4-2/h29-30H,3-28,31H2,1-2H3. The van der Waals surface area contributed by atoms with E-state index in [1.807, 2.05) is 0 Å². The van der Waals surface area contributed by atoms with Crippen molar-refractivity contribution in [3.8, 4) is 0 Å². The molecule has 0 unspecified atom stereocenters. The molecule has 1 heterocycles. The van der Waals surface area contributed by atoms with Gasteiger partial charge in [-0.05, 0) is 12.8 Å². The molecule has 0 aromatic heterocycles. The van der Waals surface area contributed by atoms with Crippen LogP contribution >= 0.6 is 0 Å². The Balaban J connectivity index is 1.77. The van der Waals surface area contributed by atoms with Gasteiger partial charge in [0.25, 0.3) is 0 Å². The molecule has 2 nitrogen and oxygen atoms in total. The highest BCUT2D eigenvalue weighted by molar-refractivity contribution is 4.90. The van der Waals surface area contributed by atoms with Crippen LogP contribution in [0, 0.1) is 0 Å². The maximum atomic E-state index is 2.52. The van der Waals surface area contributed by atoms with E-state index in [1.165, 1.54) is 167 Å². The van der Waals surface area contributed by atoms with Crippen molar-refractivity contribution < 1.29 is 0 Å². The van der Waals surface area contributed by atoms with Crippen molar-refractivity contribution >= 4 is 0 Å². The molecular weight excluding hydrogens is 400 g/mol. The Hall–Kier alpha value is -0.660. The van der Waals surface area contributed by atoms with Crippen LogP contribution in [0.1, 0.15) is 168 Å². The van der Waals surface area contributed by atoms with Gasteiger partial charge in [0, 0.05) is 25.5 Å². The van der Waals surface area contributed by atoms with Gasteiger partial charge in [0.1, 0.15) is 0 Å². The Bertz CT molecular complexity index is 370. The van der Waals surface area contributed by atoms with E-state index in [0.29, 0.717) is 0 Å². The first-order chi connectivity index (χ1) is 16.4. The average Bonchev–Trinajstić information content (AvgIpc) is 3.28. The minimum absolute atomic E-state index is 1.13. The van der Waals surface area contributed by atoms with E-state index in [0.717, 1.165) is 6.67 Å². The van der Waals surface area contributed by atoms with Crippen molar-refractivity contribution in [2.75, 3.05) is 19.8 Å². The summed E-state index contributed by atoms with van der Waals surface area (Å²) in [6, 6.07) is 0. The number of nitrogens with zero attached hydrogens (tertiary/aromatic N) is 2. The van der Waals surface area contributed by atoms with Crippen LogP contribution in [0.2, 0.25) is 0 Å². The molecule has 0 fully saturated rings. The summed E-state index contributed by atoms with van der Waals surface area (Å²) >= 11 is 0. The first kappa shape index (κ1) is 30.4. The fourth-order valence-corrected chi connectivity index (χ4v) is 5.12. The molecule has 1 rings (SSSR count). The number of hydrogen-bond acceptors (Lipinski definition) is 2. The average molecular weight is 463 g/mol. The third kappa shape index (κ3) is 20.4. The molecule has 0 spiro atoms. The molecule has 0 saturated carbocycles. The smallest absolute Gasteiger partial charge is 0.0893 e. The lowest BCUT2D eigenvalue weighted by Crippen LogP contribution is -2.26. The van der Waals surface area contributed by atoms with Crippen LogP contribution in [0.4, 0.5) is 0 Å². The largest absolute Gasteiger partial charge is 0.359 e. The molecule has 0 atom stereocenters. The van der Waals surface area contributed by atoms with E-state index in [1.54, 1.807) is 0 Å². The molecule has 0 radical (unpaired) electrons. The maximum Gasteiger partial charge on any atom is 0.0893 e. The Kier molecular flexibility index (Phi) is 22.5. The molecule has 0 aliphatic carbocycles. The van der Waals surface area contributed by atoms with Crippen molar-refractivity contribution in [2.24, 2.45) is 0 Å². The quantitative estimate of drug-likeness (QED) is 0.118. The summed E-state index contributed by atoms with van der Waals surface area (Å²) in [5.74, 6) is 0. The van der Waals surface area contributed by atoms with Crippen molar-refractivity contribution in [3.63, 3.8) is 0 Å². The molecule has 0 aromatic carbocycles. The van der Waals surface area contributed by atoms with Crippen LogP contribution in [-0.2, 0) is 0 Å². The molecule has 0 N–H and O–H groups in total. The van der Waals surface area contributed by atoms with Crippen molar-refractivity contribution in [1.82, 2.24) is 9.80 Å². The summed E-state index contributed by atoms with van der Waals surface area (Å²) in [5.41, 5.74) is 0. The van der Waals surface area contributed by atoms with Gasteiger partial charge in [-0.1, -0.05) is 155 Å². The summed E-state index contributed by atoms with van der Waals surface area (Å²) < 4.78 is 0. The predicted octanol–water partition coefficient (Wildman–Crippen LogP) is 10.4. The molecule has 1 aliphatic rings. The van der Waals surface area contributed by atoms with Crippen LogP contribution < -0.4 is 0 Å². The zero-order valence-electron chi connectivity index (χ0n) is 23.1. The van der Waals surface area contributed by atoms with Gasteiger partial charge in [0.15, 0.2) is 0 Å². The fraction of sp³-hybridized carbons (Fsp3) is 0.935. The van der Waals surface area contributed by atoms with E-state index >= 15 is 0 Å². The first-order valence-corrected chi connectivity index (χ1v) is 15.5. The molecule has 0 saturated heterocycles. The summed E-state index contributed by atoms with van der Waals surface area (Å²) in [6.07, 6.45) is 39.2. The van der Waals surface area contributed by atoms with Gasteiger partial charge in [-0.25, -0.2) is 0 Å². The molecule has 196 valence electrons. The first-order valence-electron chi connectivity index (χ1n) is 15.5. The van der Waals surface area contributed by atoms with E-state index in [2.05, 4.69) is 36.0 Å². The van der Waals surface area contributed by atoms with Crippen molar-refractivity contribution in [2.45, 2.75) is 168 Å². The third-order valence-corrected chi connectivity index (χ3v) is 7.45. The van der Waals surface area contributed by atoms with Crippen LogP contribution in [0.25, 0.3) is 0 Å². The van der Waals surface area contributed by atoms with Crippen LogP contribution in [0.3, 0.4) is 0 Å². The topological polar surface area (TPSA) is 6.48 Å². The number of unbranched alkanes of at least 4 members (excludes halogenated alkanes) is 22. The van der Waals surface area contributed by atoms with Crippen LogP contribution in [0.5, 0.6) is 0 Å². The number of rotatable bonds is 26. The van der Waals surface area contributed by atoms with E-state index < -0.39 is 0 Å². The van der Waals surface area contributed by atoms with Gasteiger partial charge < -0.3 is 9.80 Å². The molecule has 0 bridgehead atoms. The van der Waals surface area contributed by atoms with E-state index in [9.17, 15) is 0 Å². The monoisotopic (exact) mass is 462 g/mol. The molecule has 2 heteroatoms. The summed E-state index contributed by atoms with van der Waals surface area (Å²) in [5, 5.41) is 0. The molecule has 33 heavy (non-hydrogen) atoms. The van der Waals surface area contributed by atoms with Gasteiger partial charge in [-0.15, -0.1) is 0 Å². The fourth-order valence-electron chi connectivity index (χ4n) is 5.12. The molecule has 0 amide bonds. The Morgan fingerprint density at radius 2 is 0.606 bits per heavy atom. The Morgan fingerprint density at radius 1 is 0.364 bits per heavy atom. The Labute approximate surface area is 210 Å². The highest BCUT2D eigenvalue weighted by Gasteiger charge is 2.10. The zero-order chi connectivity index (χ0) is 23.7. The third-order valence-electron chi connectivity index (χ3n) is 7.45. The van der Waals surface area contributed by atoms with Gasteiger partial charge >= 0.3 is 0 Å². The van der Waals surface area contributed by atoms with Gasteiger partial charge in [0.2, 0.25) is 0 Å². The van der Waals surface area contributed by atoms with Crippen molar-refractivity contribution in [1.29, 1.82) is 0 Å². The second-order valence-electron chi connectivity index (χ2n) is 10.8. The molecule has 0 aromatic rings.